The van der Waals surface area contributed by atoms with Crippen molar-refractivity contribution < 1.29 is 4.74 Å². The van der Waals surface area contributed by atoms with E-state index >= 15 is 0 Å². The van der Waals surface area contributed by atoms with Gasteiger partial charge in [-0.05, 0) is 82.1 Å². The van der Waals surface area contributed by atoms with Gasteiger partial charge < -0.3 is 9.72 Å². The summed E-state index contributed by atoms with van der Waals surface area (Å²) in [6.45, 7) is 6.03. The molecular weight excluding hydrogens is 500 g/mol. The normalized spacial score (nSPS) is 12.2. The number of pyridine rings is 1. The van der Waals surface area contributed by atoms with E-state index in [1.54, 1.807) is 7.11 Å². The van der Waals surface area contributed by atoms with Gasteiger partial charge in [0.15, 0.2) is 5.82 Å². The first kappa shape index (κ1) is 27.3. The van der Waals surface area contributed by atoms with E-state index in [9.17, 15) is 4.79 Å². The monoisotopic (exact) mass is 536 g/mol. The second-order valence-corrected chi connectivity index (χ2v) is 10.1. The third kappa shape index (κ3) is 6.29. The number of nitrogens with one attached hydrogen (secondary N) is 1. The maximum atomic E-state index is 13.2. The predicted molar refractivity (Wildman–Crippen MR) is 157 cm³/mol. The van der Waals surface area contributed by atoms with Gasteiger partial charge in [-0.15, -0.1) is 5.10 Å². The van der Waals surface area contributed by atoms with E-state index in [0.717, 1.165) is 52.9 Å². The number of tetrazole rings is 1. The number of aromatic nitrogens is 5. The van der Waals surface area contributed by atoms with Crippen LogP contribution in [0.2, 0.25) is 0 Å². The van der Waals surface area contributed by atoms with Gasteiger partial charge in [0.05, 0.1) is 13.2 Å². The highest BCUT2D eigenvalue weighted by molar-refractivity contribution is 5.79. The Morgan fingerprint density at radius 1 is 0.925 bits per heavy atom. The molecule has 0 amide bonds. The van der Waals surface area contributed by atoms with Crippen molar-refractivity contribution in [3.63, 3.8) is 0 Å². The van der Waals surface area contributed by atoms with Crippen LogP contribution in [0.5, 0.6) is 5.75 Å². The lowest BCUT2D eigenvalue weighted by molar-refractivity contribution is 0.160. The lowest BCUT2D eigenvalue weighted by Crippen LogP contribution is -2.32. The molecule has 0 saturated heterocycles. The van der Waals surface area contributed by atoms with E-state index in [1.165, 1.54) is 11.1 Å². The van der Waals surface area contributed by atoms with Gasteiger partial charge >= 0.3 is 0 Å². The lowest BCUT2D eigenvalue weighted by atomic mass is 10.1. The molecular formula is C32H36N6O2. The van der Waals surface area contributed by atoms with E-state index in [0.29, 0.717) is 19.6 Å². The van der Waals surface area contributed by atoms with Crippen molar-refractivity contribution in [1.82, 2.24) is 30.1 Å². The fourth-order valence-corrected chi connectivity index (χ4v) is 5.19. The van der Waals surface area contributed by atoms with Gasteiger partial charge in [-0.1, -0.05) is 62.4 Å². The van der Waals surface area contributed by atoms with Crippen LogP contribution in [0.1, 0.15) is 54.4 Å². The van der Waals surface area contributed by atoms with E-state index in [4.69, 9.17) is 4.74 Å². The van der Waals surface area contributed by atoms with E-state index < -0.39 is 0 Å². The van der Waals surface area contributed by atoms with Crippen LogP contribution in [0.25, 0.3) is 10.9 Å². The summed E-state index contributed by atoms with van der Waals surface area (Å²) in [6, 6.07) is 26.6. The number of hydrogen-bond donors (Lipinski definition) is 1. The van der Waals surface area contributed by atoms with E-state index in [1.807, 2.05) is 47.1 Å². The van der Waals surface area contributed by atoms with E-state index in [-0.39, 0.29) is 11.6 Å². The van der Waals surface area contributed by atoms with E-state index in [2.05, 4.69) is 75.7 Å². The minimum atomic E-state index is -0.0926. The van der Waals surface area contributed by atoms with Crippen molar-refractivity contribution in [3.8, 4) is 5.75 Å². The number of hydrogen-bond acceptors (Lipinski definition) is 6. The molecule has 0 saturated carbocycles. The summed E-state index contributed by atoms with van der Waals surface area (Å²) in [4.78, 5) is 18.6. The Morgan fingerprint density at radius 2 is 1.70 bits per heavy atom. The smallest absolute Gasteiger partial charge is 0.252 e. The number of methoxy groups -OCH3 is 1. The molecule has 40 heavy (non-hydrogen) atoms. The average molecular weight is 537 g/mol. The Morgan fingerprint density at radius 3 is 2.42 bits per heavy atom. The SMILES string of the molecule is CCc1ccc2[nH]c(=O)c(CN(Cc3ccc(OC)cc3)[C@H](CC)c3nnnn3CCc3ccccc3)cc2c1. The first-order chi connectivity index (χ1) is 19.6. The number of fused-ring (bicyclic) bond motifs is 1. The number of H-pyrrole nitrogens is 1. The highest BCUT2D eigenvalue weighted by atomic mass is 16.5. The Balaban J connectivity index is 1.48. The third-order valence-electron chi connectivity index (χ3n) is 7.45. The van der Waals surface area contributed by atoms with Crippen molar-refractivity contribution in [3.05, 3.63) is 117 Å². The number of nitrogens with zero attached hydrogens (tertiary/aromatic N) is 5. The van der Waals surface area contributed by atoms with Crippen LogP contribution in [0.4, 0.5) is 0 Å². The first-order valence-electron chi connectivity index (χ1n) is 13.9. The van der Waals surface area contributed by atoms with Gasteiger partial charge in [0, 0.05) is 30.7 Å². The summed E-state index contributed by atoms with van der Waals surface area (Å²) in [5.41, 5.74) is 5.09. The summed E-state index contributed by atoms with van der Waals surface area (Å²) >= 11 is 0. The van der Waals surface area contributed by atoms with Crippen molar-refractivity contribution in [2.24, 2.45) is 0 Å². The molecule has 0 aliphatic heterocycles. The number of ether oxygens (including phenoxy) is 1. The van der Waals surface area contributed by atoms with Gasteiger partial charge in [0.1, 0.15) is 5.75 Å². The molecule has 0 aliphatic carbocycles. The van der Waals surface area contributed by atoms with Crippen molar-refractivity contribution in [2.75, 3.05) is 7.11 Å². The maximum Gasteiger partial charge on any atom is 0.252 e. The van der Waals surface area contributed by atoms with Crippen LogP contribution < -0.4 is 10.3 Å². The van der Waals surface area contributed by atoms with Gasteiger partial charge in [0.25, 0.3) is 5.56 Å². The molecule has 1 atom stereocenters. The summed E-state index contributed by atoms with van der Waals surface area (Å²) < 4.78 is 7.27. The Hall–Kier alpha value is -4.30. The predicted octanol–water partition coefficient (Wildman–Crippen LogP) is 5.48. The second kappa shape index (κ2) is 12.7. The van der Waals surface area contributed by atoms with Crippen LogP contribution in [0.15, 0.2) is 83.7 Å². The standard InChI is InChI=1S/C32H36N6O2/c1-4-23-13-16-29-26(19-23)20-27(32(39)33-29)22-37(21-25-11-14-28(40-3)15-12-25)30(5-2)31-34-35-36-38(31)18-17-24-9-7-6-8-10-24/h6-16,19-20,30H,4-5,17-18,21-22H2,1-3H3,(H,33,39)/t30-/m1/s1. The van der Waals surface area contributed by atoms with Crippen LogP contribution in [-0.4, -0.2) is 37.2 Å². The summed E-state index contributed by atoms with van der Waals surface area (Å²) in [6.07, 6.45) is 2.56. The first-order valence-corrected chi connectivity index (χ1v) is 13.9. The Bertz CT molecular complexity index is 1590. The van der Waals surface area contributed by atoms with Crippen LogP contribution in [0, 0.1) is 0 Å². The Labute approximate surface area is 234 Å². The molecule has 5 aromatic rings. The molecule has 1 N–H and O–H groups in total. The molecule has 0 bridgehead atoms. The van der Waals surface area contributed by atoms with Crippen LogP contribution >= 0.6 is 0 Å². The summed E-state index contributed by atoms with van der Waals surface area (Å²) in [5, 5.41) is 13.9. The zero-order valence-corrected chi connectivity index (χ0v) is 23.4. The summed E-state index contributed by atoms with van der Waals surface area (Å²) in [7, 11) is 1.67. The highest BCUT2D eigenvalue weighted by Gasteiger charge is 2.26. The van der Waals surface area contributed by atoms with Gasteiger partial charge in [-0.25, -0.2) is 4.68 Å². The second-order valence-electron chi connectivity index (χ2n) is 10.1. The number of aryl methyl sites for hydroxylation is 3. The van der Waals surface area contributed by atoms with Crippen LogP contribution in [0.3, 0.4) is 0 Å². The molecule has 0 unspecified atom stereocenters. The number of aromatic amines is 1. The van der Waals surface area contributed by atoms with Gasteiger partial charge in [0.2, 0.25) is 0 Å². The topological polar surface area (TPSA) is 88.9 Å². The van der Waals surface area contributed by atoms with Crippen molar-refractivity contribution >= 4 is 10.9 Å². The molecule has 2 heterocycles. The number of rotatable bonds is 12. The van der Waals surface area contributed by atoms with Crippen molar-refractivity contribution in [1.29, 1.82) is 0 Å². The lowest BCUT2D eigenvalue weighted by Gasteiger charge is -2.30. The third-order valence-corrected chi connectivity index (χ3v) is 7.45. The molecule has 0 fully saturated rings. The minimum absolute atomic E-state index is 0.0741. The largest absolute Gasteiger partial charge is 0.497 e. The fraction of sp³-hybridized carbons (Fsp3) is 0.312. The van der Waals surface area contributed by atoms with Gasteiger partial charge in [-0.2, -0.15) is 0 Å². The van der Waals surface area contributed by atoms with Crippen LogP contribution in [-0.2, 0) is 32.5 Å². The van der Waals surface area contributed by atoms with Gasteiger partial charge in [-0.3, -0.25) is 9.69 Å². The Kier molecular flexibility index (Phi) is 8.66. The highest BCUT2D eigenvalue weighted by Crippen LogP contribution is 2.27. The molecule has 8 nitrogen and oxygen atoms in total. The summed E-state index contributed by atoms with van der Waals surface area (Å²) in [5.74, 6) is 1.61. The molecule has 0 spiro atoms. The molecule has 3 aromatic carbocycles. The molecule has 0 radical (unpaired) electrons. The molecule has 8 heteroatoms. The van der Waals surface area contributed by atoms with Crippen molar-refractivity contribution in [2.45, 2.75) is 58.8 Å². The number of benzene rings is 3. The quantitative estimate of drug-likeness (QED) is 0.227. The average Bonchev–Trinajstić information content (AvgIpc) is 3.45. The fourth-order valence-electron chi connectivity index (χ4n) is 5.19. The zero-order chi connectivity index (χ0) is 27.9. The minimum Gasteiger partial charge on any atom is -0.497 e. The molecule has 5 rings (SSSR count). The molecule has 0 aliphatic rings. The molecule has 2 aromatic heterocycles. The molecule has 206 valence electrons. The zero-order valence-electron chi connectivity index (χ0n) is 23.4. The maximum absolute atomic E-state index is 13.2.